The highest BCUT2D eigenvalue weighted by Crippen LogP contribution is 2.26. The number of hydrogen-bond donors (Lipinski definition) is 1. The highest BCUT2D eigenvalue weighted by molar-refractivity contribution is 6.30. The summed E-state index contributed by atoms with van der Waals surface area (Å²) in [4.78, 5) is 12.0. The zero-order valence-electron chi connectivity index (χ0n) is 12.6. The predicted molar refractivity (Wildman–Crippen MR) is 85.3 cm³/mol. The van der Waals surface area contributed by atoms with Crippen molar-refractivity contribution in [3.8, 4) is 11.5 Å². The lowest BCUT2D eigenvalue weighted by Crippen LogP contribution is -2.14. The van der Waals surface area contributed by atoms with Gasteiger partial charge in [-0.3, -0.25) is 10.1 Å². The Balaban J connectivity index is 1.68. The molecule has 2 heterocycles. The Morgan fingerprint density at radius 2 is 1.91 bits per heavy atom. The van der Waals surface area contributed by atoms with Gasteiger partial charge in [-0.25, -0.2) is 0 Å². The number of rotatable bonds is 4. The van der Waals surface area contributed by atoms with Gasteiger partial charge >= 0.3 is 6.01 Å². The van der Waals surface area contributed by atoms with Crippen LogP contribution in [0.2, 0.25) is 5.02 Å². The van der Waals surface area contributed by atoms with E-state index < -0.39 is 0 Å². The Morgan fingerprint density at radius 1 is 1.17 bits per heavy atom. The summed E-state index contributed by atoms with van der Waals surface area (Å²) < 4.78 is 10.9. The number of anilines is 1. The van der Waals surface area contributed by atoms with Crippen molar-refractivity contribution in [1.29, 1.82) is 0 Å². The fourth-order valence-corrected chi connectivity index (χ4v) is 2.30. The highest BCUT2D eigenvalue weighted by Gasteiger charge is 2.16. The van der Waals surface area contributed by atoms with Crippen LogP contribution in [-0.4, -0.2) is 16.1 Å². The number of carbonyl (C=O) groups is 1. The minimum atomic E-state index is -0.248. The molecule has 0 aliphatic heterocycles. The molecule has 118 valence electrons. The van der Waals surface area contributed by atoms with E-state index in [9.17, 15) is 4.79 Å². The minimum Gasteiger partial charge on any atom is -0.466 e. The lowest BCUT2D eigenvalue weighted by Gasteiger charge is -2.01. The fraction of sp³-hybridized carbons (Fsp3) is 0.188. The number of benzene rings is 1. The first-order valence-corrected chi connectivity index (χ1v) is 7.34. The lowest BCUT2D eigenvalue weighted by atomic mass is 10.1. The van der Waals surface area contributed by atoms with E-state index in [1.165, 1.54) is 0 Å². The van der Waals surface area contributed by atoms with Crippen LogP contribution >= 0.6 is 11.6 Å². The van der Waals surface area contributed by atoms with Crippen molar-refractivity contribution in [3.05, 3.63) is 52.4 Å². The summed E-state index contributed by atoms with van der Waals surface area (Å²) in [6.07, 6.45) is 0.193. The monoisotopic (exact) mass is 331 g/mol. The van der Waals surface area contributed by atoms with Crippen molar-refractivity contribution in [3.63, 3.8) is 0 Å². The molecule has 7 heteroatoms. The first kappa shape index (κ1) is 15.3. The molecule has 0 saturated carbocycles. The normalized spacial score (nSPS) is 10.7. The molecule has 1 amide bonds. The Morgan fingerprint density at radius 3 is 2.57 bits per heavy atom. The number of carbonyl (C=O) groups excluding carboxylic acids is 1. The summed E-state index contributed by atoms with van der Waals surface area (Å²) in [5.74, 6) is 1.50. The zero-order valence-corrected chi connectivity index (χ0v) is 13.3. The standard InChI is InChI=1S/C16H14ClN3O3/c1-9-7-13(10(2)22-9)15-19-20-16(23-15)18-14(21)8-11-3-5-12(17)6-4-11/h3-7H,8H2,1-2H3,(H,18,20,21). The molecule has 0 unspecified atom stereocenters. The quantitative estimate of drug-likeness (QED) is 0.786. The second-order valence-electron chi connectivity index (χ2n) is 5.09. The van der Waals surface area contributed by atoms with Crippen molar-refractivity contribution in [2.75, 3.05) is 5.32 Å². The topological polar surface area (TPSA) is 81.2 Å². The molecule has 23 heavy (non-hydrogen) atoms. The Hall–Kier alpha value is -2.60. The largest absolute Gasteiger partial charge is 0.466 e. The number of nitrogens with zero attached hydrogens (tertiary/aromatic N) is 2. The van der Waals surface area contributed by atoms with Crippen LogP contribution in [0.5, 0.6) is 0 Å². The number of aromatic nitrogens is 2. The second-order valence-corrected chi connectivity index (χ2v) is 5.53. The van der Waals surface area contributed by atoms with E-state index in [2.05, 4.69) is 15.5 Å². The average molecular weight is 332 g/mol. The van der Waals surface area contributed by atoms with Gasteiger partial charge in [-0.2, -0.15) is 0 Å². The van der Waals surface area contributed by atoms with E-state index in [1.807, 2.05) is 19.9 Å². The number of amides is 1. The van der Waals surface area contributed by atoms with Crippen LogP contribution in [0.15, 0.2) is 39.2 Å². The molecule has 3 aromatic rings. The molecule has 0 aliphatic carbocycles. The van der Waals surface area contributed by atoms with Crippen LogP contribution in [0.3, 0.4) is 0 Å². The molecule has 1 aromatic carbocycles. The Labute approximate surface area is 137 Å². The maximum absolute atomic E-state index is 12.0. The van der Waals surface area contributed by atoms with E-state index in [1.54, 1.807) is 24.3 Å². The molecule has 0 fully saturated rings. The van der Waals surface area contributed by atoms with Gasteiger partial charge in [0.25, 0.3) is 5.89 Å². The van der Waals surface area contributed by atoms with E-state index in [0.29, 0.717) is 22.2 Å². The molecule has 1 N–H and O–H groups in total. The van der Waals surface area contributed by atoms with E-state index in [0.717, 1.165) is 11.3 Å². The number of hydrogen-bond acceptors (Lipinski definition) is 5. The summed E-state index contributed by atoms with van der Waals surface area (Å²) in [5, 5.41) is 11.0. The SMILES string of the molecule is Cc1cc(-c2nnc(NC(=O)Cc3ccc(Cl)cc3)o2)c(C)o1. The lowest BCUT2D eigenvalue weighted by molar-refractivity contribution is -0.115. The van der Waals surface area contributed by atoms with Crippen molar-refractivity contribution in [2.24, 2.45) is 0 Å². The molecule has 2 aromatic heterocycles. The van der Waals surface area contributed by atoms with Gasteiger partial charge in [-0.15, -0.1) is 5.10 Å². The molecule has 0 spiro atoms. The van der Waals surface area contributed by atoms with Gasteiger partial charge in [-0.05, 0) is 37.6 Å². The number of aryl methyl sites for hydroxylation is 2. The number of nitrogens with one attached hydrogen (secondary N) is 1. The molecule has 0 saturated heterocycles. The maximum Gasteiger partial charge on any atom is 0.322 e. The molecule has 0 atom stereocenters. The van der Waals surface area contributed by atoms with E-state index in [4.69, 9.17) is 20.4 Å². The summed E-state index contributed by atoms with van der Waals surface area (Å²) in [6, 6.07) is 8.91. The second kappa shape index (κ2) is 6.26. The van der Waals surface area contributed by atoms with E-state index >= 15 is 0 Å². The van der Waals surface area contributed by atoms with Crippen LogP contribution in [0.4, 0.5) is 6.01 Å². The van der Waals surface area contributed by atoms with Crippen molar-refractivity contribution >= 4 is 23.5 Å². The molecule has 6 nitrogen and oxygen atoms in total. The average Bonchev–Trinajstić information content (AvgIpc) is 3.07. The highest BCUT2D eigenvalue weighted by atomic mass is 35.5. The molecular formula is C16H14ClN3O3. The summed E-state index contributed by atoms with van der Waals surface area (Å²) in [6.45, 7) is 3.65. The molecule has 0 radical (unpaired) electrons. The molecule has 0 aliphatic rings. The van der Waals surface area contributed by atoms with Gasteiger partial charge in [0.1, 0.15) is 11.5 Å². The van der Waals surface area contributed by atoms with Crippen molar-refractivity contribution in [1.82, 2.24) is 10.2 Å². The number of halogens is 1. The van der Waals surface area contributed by atoms with Crippen LogP contribution < -0.4 is 5.32 Å². The zero-order chi connectivity index (χ0) is 16.4. The molecule has 3 rings (SSSR count). The summed E-state index contributed by atoms with van der Waals surface area (Å²) in [7, 11) is 0. The fourth-order valence-electron chi connectivity index (χ4n) is 2.18. The number of furan rings is 1. The molecule has 0 bridgehead atoms. The Kier molecular flexibility index (Phi) is 4.16. The Bertz CT molecular complexity index is 837. The van der Waals surface area contributed by atoms with E-state index in [-0.39, 0.29) is 18.3 Å². The van der Waals surface area contributed by atoms with Gasteiger partial charge in [0.05, 0.1) is 12.0 Å². The van der Waals surface area contributed by atoms with Crippen LogP contribution in [0.25, 0.3) is 11.5 Å². The van der Waals surface area contributed by atoms with Gasteiger partial charge < -0.3 is 8.83 Å². The van der Waals surface area contributed by atoms with Crippen molar-refractivity contribution in [2.45, 2.75) is 20.3 Å². The summed E-state index contributed by atoms with van der Waals surface area (Å²) in [5.41, 5.74) is 1.56. The van der Waals surface area contributed by atoms with Gasteiger partial charge in [-0.1, -0.05) is 28.8 Å². The third-order valence-electron chi connectivity index (χ3n) is 3.22. The van der Waals surface area contributed by atoms with Crippen LogP contribution in [0.1, 0.15) is 17.1 Å². The summed E-state index contributed by atoms with van der Waals surface area (Å²) >= 11 is 5.81. The predicted octanol–water partition coefficient (Wildman–Crippen LogP) is 3.78. The minimum absolute atomic E-state index is 0.0530. The van der Waals surface area contributed by atoms with Crippen molar-refractivity contribution < 1.29 is 13.6 Å². The van der Waals surface area contributed by atoms with Crippen LogP contribution in [-0.2, 0) is 11.2 Å². The smallest absolute Gasteiger partial charge is 0.322 e. The van der Waals surface area contributed by atoms with Gasteiger partial charge in [0.2, 0.25) is 5.91 Å². The third kappa shape index (κ3) is 3.60. The van der Waals surface area contributed by atoms with Gasteiger partial charge in [0.15, 0.2) is 0 Å². The van der Waals surface area contributed by atoms with Crippen LogP contribution in [0, 0.1) is 13.8 Å². The first-order chi connectivity index (χ1) is 11.0. The third-order valence-corrected chi connectivity index (χ3v) is 3.47. The molecular weight excluding hydrogens is 318 g/mol. The maximum atomic E-state index is 12.0. The first-order valence-electron chi connectivity index (χ1n) is 6.96. The van der Waals surface area contributed by atoms with Gasteiger partial charge in [0, 0.05) is 5.02 Å².